The van der Waals surface area contributed by atoms with Crippen molar-refractivity contribution >= 4 is 23.5 Å². The Labute approximate surface area is 168 Å². The fourth-order valence-corrected chi connectivity index (χ4v) is 4.39. The zero-order chi connectivity index (χ0) is 19.7. The number of nitrogens with one attached hydrogen (secondary N) is 1. The van der Waals surface area contributed by atoms with Gasteiger partial charge in [0.05, 0.1) is 30.5 Å². The van der Waals surface area contributed by atoms with Crippen LogP contribution in [-0.4, -0.2) is 33.8 Å². The third-order valence-electron chi connectivity index (χ3n) is 5.89. The maximum atomic E-state index is 13.1. The second-order valence-corrected chi connectivity index (χ2v) is 7.81. The Balaban J connectivity index is 1.57. The fourth-order valence-electron chi connectivity index (χ4n) is 4.22. The molecule has 2 aromatic rings. The van der Waals surface area contributed by atoms with Crippen molar-refractivity contribution in [2.24, 2.45) is 0 Å². The molecule has 2 aliphatic rings. The molecule has 1 aliphatic heterocycles. The van der Waals surface area contributed by atoms with Gasteiger partial charge in [-0.1, -0.05) is 18.0 Å². The Morgan fingerprint density at radius 1 is 1.32 bits per heavy atom. The van der Waals surface area contributed by atoms with Crippen LogP contribution in [0.3, 0.4) is 0 Å². The lowest BCUT2D eigenvalue weighted by Crippen LogP contribution is -2.49. The van der Waals surface area contributed by atoms with Crippen LogP contribution in [0.25, 0.3) is 0 Å². The number of methoxy groups -OCH3 is 1. The van der Waals surface area contributed by atoms with E-state index in [0.29, 0.717) is 16.4 Å². The van der Waals surface area contributed by atoms with E-state index in [4.69, 9.17) is 16.3 Å². The number of nitrogens with zero attached hydrogens (tertiary/aromatic N) is 3. The van der Waals surface area contributed by atoms with Gasteiger partial charge in [0.2, 0.25) is 5.91 Å². The number of aryl methyl sites for hydroxylation is 1. The Morgan fingerprint density at radius 2 is 2.14 bits per heavy atom. The first kappa shape index (κ1) is 18.9. The number of pyridine rings is 1. The predicted octanol–water partition coefficient (Wildman–Crippen LogP) is 2.79. The monoisotopic (exact) mass is 402 g/mol. The van der Waals surface area contributed by atoms with Crippen molar-refractivity contribution in [2.75, 3.05) is 7.11 Å². The standard InChI is InChI=1S/C20H23ClN4O3/c1-28-18(26)17-14(24-25-10-3-2-5-15(17)25)12-23-19(27)20(7-4-8-20)13-6-9-22-16(21)11-13/h6,9,11H,2-5,7-8,10,12H2,1H3,(H,23,27). The van der Waals surface area contributed by atoms with E-state index in [1.165, 1.54) is 7.11 Å². The number of ether oxygens (including phenoxy) is 1. The van der Waals surface area contributed by atoms with E-state index < -0.39 is 11.4 Å². The summed E-state index contributed by atoms with van der Waals surface area (Å²) in [6, 6.07) is 3.61. The highest BCUT2D eigenvalue weighted by Gasteiger charge is 2.45. The zero-order valence-electron chi connectivity index (χ0n) is 15.8. The minimum Gasteiger partial charge on any atom is -0.465 e. The Kier molecular flexibility index (Phi) is 5.10. The molecule has 1 saturated carbocycles. The summed E-state index contributed by atoms with van der Waals surface area (Å²) in [6.45, 7) is 0.983. The van der Waals surface area contributed by atoms with E-state index in [0.717, 1.165) is 56.3 Å². The summed E-state index contributed by atoms with van der Waals surface area (Å²) in [7, 11) is 1.37. The first-order valence-corrected chi connectivity index (χ1v) is 10.00. The van der Waals surface area contributed by atoms with Gasteiger partial charge in [-0.2, -0.15) is 5.10 Å². The minimum atomic E-state index is -0.586. The maximum Gasteiger partial charge on any atom is 0.341 e. The lowest BCUT2D eigenvalue weighted by molar-refractivity contribution is -0.130. The Morgan fingerprint density at radius 3 is 2.82 bits per heavy atom. The van der Waals surface area contributed by atoms with Crippen LogP contribution >= 0.6 is 11.6 Å². The predicted molar refractivity (Wildman–Crippen MR) is 103 cm³/mol. The highest BCUT2D eigenvalue weighted by molar-refractivity contribution is 6.29. The van der Waals surface area contributed by atoms with Gasteiger partial charge in [-0.05, 0) is 49.8 Å². The number of halogens is 1. The number of hydrogen-bond acceptors (Lipinski definition) is 5. The third-order valence-corrected chi connectivity index (χ3v) is 6.10. The number of rotatable bonds is 5. The average Bonchev–Trinajstić information content (AvgIpc) is 3.03. The van der Waals surface area contributed by atoms with Crippen LogP contribution < -0.4 is 5.32 Å². The van der Waals surface area contributed by atoms with E-state index in [2.05, 4.69) is 15.4 Å². The molecule has 28 heavy (non-hydrogen) atoms. The molecule has 1 amide bonds. The average molecular weight is 403 g/mol. The SMILES string of the molecule is COC(=O)c1c(CNC(=O)C2(c3ccnc(Cl)c3)CCC2)nn2c1CCCC2. The molecule has 0 radical (unpaired) electrons. The normalized spacial score (nSPS) is 17.4. The number of esters is 1. The molecular weight excluding hydrogens is 380 g/mol. The van der Waals surface area contributed by atoms with Crippen molar-refractivity contribution in [2.45, 2.75) is 57.0 Å². The molecule has 0 aromatic carbocycles. The molecule has 7 nitrogen and oxygen atoms in total. The van der Waals surface area contributed by atoms with Crippen LogP contribution in [-0.2, 0) is 34.5 Å². The summed E-state index contributed by atoms with van der Waals surface area (Å²) in [4.78, 5) is 29.4. The highest BCUT2D eigenvalue weighted by atomic mass is 35.5. The van der Waals surface area contributed by atoms with Crippen LogP contribution in [0, 0.1) is 0 Å². The van der Waals surface area contributed by atoms with E-state index in [1.807, 2.05) is 10.7 Å². The molecule has 0 atom stereocenters. The van der Waals surface area contributed by atoms with Gasteiger partial charge in [-0.15, -0.1) is 0 Å². The van der Waals surface area contributed by atoms with Gasteiger partial charge in [-0.3, -0.25) is 9.48 Å². The topological polar surface area (TPSA) is 86.1 Å². The first-order chi connectivity index (χ1) is 13.5. The van der Waals surface area contributed by atoms with Crippen molar-refractivity contribution < 1.29 is 14.3 Å². The summed E-state index contributed by atoms with van der Waals surface area (Å²) in [6.07, 6.45) is 7.00. The minimum absolute atomic E-state index is 0.0668. The van der Waals surface area contributed by atoms with Crippen molar-refractivity contribution in [1.29, 1.82) is 0 Å². The first-order valence-electron chi connectivity index (χ1n) is 9.62. The largest absolute Gasteiger partial charge is 0.465 e. The van der Waals surface area contributed by atoms with Crippen LogP contribution in [0.15, 0.2) is 18.3 Å². The molecule has 8 heteroatoms. The van der Waals surface area contributed by atoms with Gasteiger partial charge in [0.25, 0.3) is 0 Å². The van der Waals surface area contributed by atoms with Crippen molar-refractivity contribution in [1.82, 2.24) is 20.1 Å². The Hall–Kier alpha value is -2.41. The third kappa shape index (κ3) is 3.17. The molecule has 148 valence electrons. The molecule has 1 aliphatic carbocycles. The molecule has 3 heterocycles. The van der Waals surface area contributed by atoms with Gasteiger partial charge in [0.1, 0.15) is 10.7 Å². The van der Waals surface area contributed by atoms with Gasteiger partial charge >= 0.3 is 5.97 Å². The van der Waals surface area contributed by atoms with E-state index >= 15 is 0 Å². The number of hydrogen-bond donors (Lipinski definition) is 1. The molecule has 1 fully saturated rings. The quantitative estimate of drug-likeness (QED) is 0.614. The van der Waals surface area contributed by atoms with E-state index in [-0.39, 0.29) is 12.5 Å². The number of amides is 1. The van der Waals surface area contributed by atoms with Gasteiger partial charge < -0.3 is 10.1 Å². The fraction of sp³-hybridized carbons (Fsp3) is 0.500. The highest BCUT2D eigenvalue weighted by Crippen LogP contribution is 2.44. The smallest absolute Gasteiger partial charge is 0.341 e. The molecule has 0 spiro atoms. The van der Waals surface area contributed by atoms with Crippen LogP contribution in [0.4, 0.5) is 0 Å². The maximum absolute atomic E-state index is 13.1. The molecule has 4 rings (SSSR count). The number of aromatic nitrogens is 3. The lowest BCUT2D eigenvalue weighted by Gasteiger charge is -2.40. The number of fused-ring (bicyclic) bond motifs is 1. The lowest BCUT2D eigenvalue weighted by atomic mass is 9.64. The summed E-state index contributed by atoms with van der Waals surface area (Å²) < 4.78 is 6.84. The molecule has 1 N–H and O–H groups in total. The van der Waals surface area contributed by atoms with Gasteiger partial charge in [0.15, 0.2) is 0 Å². The second-order valence-electron chi connectivity index (χ2n) is 7.43. The van der Waals surface area contributed by atoms with Crippen molar-refractivity contribution in [3.63, 3.8) is 0 Å². The van der Waals surface area contributed by atoms with E-state index in [1.54, 1.807) is 12.3 Å². The van der Waals surface area contributed by atoms with Crippen molar-refractivity contribution in [3.8, 4) is 0 Å². The molecule has 0 saturated heterocycles. The van der Waals surface area contributed by atoms with Crippen LogP contribution in [0.5, 0.6) is 0 Å². The van der Waals surface area contributed by atoms with Gasteiger partial charge in [0, 0.05) is 12.7 Å². The summed E-state index contributed by atoms with van der Waals surface area (Å²) in [5.41, 5.74) is 2.27. The van der Waals surface area contributed by atoms with E-state index in [9.17, 15) is 9.59 Å². The molecular formula is C20H23ClN4O3. The van der Waals surface area contributed by atoms with Crippen LogP contribution in [0.2, 0.25) is 5.15 Å². The Bertz CT molecular complexity index is 920. The summed E-state index contributed by atoms with van der Waals surface area (Å²) >= 11 is 6.03. The zero-order valence-corrected chi connectivity index (χ0v) is 16.6. The van der Waals surface area contributed by atoms with Crippen molar-refractivity contribution in [3.05, 3.63) is 46.0 Å². The van der Waals surface area contributed by atoms with Crippen LogP contribution in [0.1, 0.15) is 59.4 Å². The number of carbonyl (C=O) groups is 2. The second kappa shape index (κ2) is 7.54. The van der Waals surface area contributed by atoms with Gasteiger partial charge in [-0.25, -0.2) is 9.78 Å². The molecule has 0 bridgehead atoms. The number of carbonyl (C=O) groups excluding carboxylic acids is 2. The summed E-state index contributed by atoms with van der Waals surface area (Å²) in [5.74, 6) is -0.463. The summed E-state index contributed by atoms with van der Waals surface area (Å²) in [5, 5.41) is 7.96. The molecule has 2 aromatic heterocycles. The molecule has 0 unspecified atom stereocenters.